The summed E-state index contributed by atoms with van der Waals surface area (Å²) in [6.45, 7) is 0.899. The third-order valence-electron chi connectivity index (χ3n) is 6.75. The number of hydrogen-bond acceptors (Lipinski definition) is 1. The third kappa shape index (κ3) is 4.05. The predicted molar refractivity (Wildman–Crippen MR) is 142 cm³/mol. The van der Waals surface area contributed by atoms with E-state index >= 15 is 0 Å². The highest BCUT2D eigenvalue weighted by atomic mass is 35.5. The maximum atomic E-state index is 6.02. The Morgan fingerprint density at radius 2 is 1.21 bits per heavy atom. The van der Waals surface area contributed by atoms with E-state index in [4.69, 9.17) is 11.6 Å². The van der Waals surface area contributed by atoms with Crippen molar-refractivity contribution in [1.82, 2.24) is 4.90 Å². The van der Waals surface area contributed by atoms with Crippen molar-refractivity contribution in [2.75, 3.05) is 12.4 Å². The van der Waals surface area contributed by atoms with Crippen molar-refractivity contribution in [1.29, 1.82) is 0 Å². The normalized spacial score (nSPS) is 15.7. The Balaban J connectivity index is 1.82. The molecule has 1 aliphatic heterocycles. The average Bonchev–Trinajstić information content (AvgIpc) is 2.92. The van der Waals surface area contributed by atoms with Crippen LogP contribution in [0.3, 0.4) is 0 Å². The SMILES string of the molecule is ClCCC#C[C@@H]1c2ccccc2CCN1C(c1ccccc1)(c1ccccc1)c1ccccc1. The Morgan fingerprint density at radius 3 is 1.74 bits per heavy atom. The molecule has 1 aliphatic rings. The highest BCUT2D eigenvalue weighted by Crippen LogP contribution is 2.48. The summed E-state index contributed by atoms with van der Waals surface area (Å²) in [4.78, 5) is 2.61. The van der Waals surface area contributed by atoms with Crippen molar-refractivity contribution in [2.45, 2.75) is 24.4 Å². The zero-order chi connectivity index (χ0) is 23.2. The average molecular weight is 462 g/mol. The van der Waals surface area contributed by atoms with E-state index in [-0.39, 0.29) is 6.04 Å². The number of fused-ring (bicyclic) bond motifs is 1. The molecule has 5 rings (SSSR count). The van der Waals surface area contributed by atoms with Gasteiger partial charge in [-0.05, 0) is 34.2 Å². The maximum Gasteiger partial charge on any atom is 0.0985 e. The van der Waals surface area contributed by atoms with E-state index in [1.807, 2.05) is 0 Å². The van der Waals surface area contributed by atoms with E-state index in [1.165, 1.54) is 27.8 Å². The molecule has 0 aliphatic carbocycles. The van der Waals surface area contributed by atoms with Crippen LogP contribution in [0.1, 0.15) is 40.3 Å². The van der Waals surface area contributed by atoms with E-state index < -0.39 is 5.54 Å². The largest absolute Gasteiger partial charge is 0.268 e. The molecule has 4 aromatic rings. The quantitative estimate of drug-likeness (QED) is 0.172. The van der Waals surface area contributed by atoms with Crippen LogP contribution in [0.15, 0.2) is 115 Å². The van der Waals surface area contributed by atoms with Crippen molar-refractivity contribution >= 4 is 11.6 Å². The number of rotatable bonds is 5. The molecule has 0 amide bonds. The fourth-order valence-electron chi connectivity index (χ4n) is 5.34. The lowest BCUT2D eigenvalue weighted by molar-refractivity contribution is 0.118. The van der Waals surface area contributed by atoms with Gasteiger partial charge in [0.25, 0.3) is 0 Å². The Morgan fingerprint density at radius 1 is 0.706 bits per heavy atom. The van der Waals surface area contributed by atoms with E-state index in [0.29, 0.717) is 12.3 Å². The number of hydrogen-bond donors (Lipinski definition) is 0. The first kappa shape index (κ1) is 22.5. The minimum absolute atomic E-state index is 0.0474. The first-order valence-electron chi connectivity index (χ1n) is 11.9. The van der Waals surface area contributed by atoms with Gasteiger partial charge in [0.05, 0.1) is 11.6 Å². The summed E-state index contributed by atoms with van der Waals surface area (Å²) < 4.78 is 0. The summed E-state index contributed by atoms with van der Waals surface area (Å²) in [6.07, 6.45) is 1.67. The molecule has 0 bridgehead atoms. The van der Waals surface area contributed by atoms with Crippen LogP contribution >= 0.6 is 11.6 Å². The Labute approximate surface area is 208 Å². The molecule has 2 heteroatoms. The van der Waals surface area contributed by atoms with Crippen LogP contribution in [-0.4, -0.2) is 17.3 Å². The van der Waals surface area contributed by atoms with Crippen LogP contribution in [0.4, 0.5) is 0 Å². The number of halogens is 1. The second kappa shape index (κ2) is 10.3. The van der Waals surface area contributed by atoms with Crippen LogP contribution in [0.5, 0.6) is 0 Å². The first-order valence-corrected chi connectivity index (χ1v) is 12.4. The molecule has 1 atom stereocenters. The van der Waals surface area contributed by atoms with Gasteiger partial charge < -0.3 is 0 Å². The molecule has 34 heavy (non-hydrogen) atoms. The smallest absolute Gasteiger partial charge is 0.0985 e. The minimum Gasteiger partial charge on any atom is -0.268 e. The van der Waals surface area contributed by atoms with Crippen LogP contribution in [0, 0.1) is 11.8 Å². The molecular formula is C32H28ClN. The van der Waals surface area contributed by atoms with Gasteiger partial charge in [-0.2, -0.15) is 0 Å². The van der Waals surface area contributed by atoms with Gasteiger partial charge in [0, 0.05) is 18.8 Å². The van der Waals surface area contributed by atoms with Crippen LogP contribution < -0.4 is 0 Å². The van der Waals surface area contributed by atoms with Crippen LogP contribution in [-0.2, 0) is 12.0 Å². The molecule has 1 nitrogen and oxygen atoms in total. The molecule has 0 aromatic heterocycles. The van der Waals surface area contributed by atoms with Gasteiger partial charge in [-0.15, -0.1) is 17.5 Å². The van der Waals surface area contributed by atoms with Gasteiger partial charge in [0.15, 0.2) is 0 Å². The van der Waals surface area contributed by atoms with E-state index in [0.717, 1.165) is 13.0 Å². The van der Waals surface area contributed by atoms with Crippen molar-refractivity contribution in [3.8, 4) is 11.8 Å². The molecule has 0 radical (unpaired) electrons. The molecule has 0 fully saturated rings. The van der Waals surface area contributed by atoms with E-state index in [2.05, 4.69) is 132 Å². The fraction of sp³-hybridized carbons (Fsp3) is 0.188. The summed E-state index contributed by atoms with van der Waals surface area (Å²) in [7, 11) is 0. The second-order valence-corrected chi connectivity index (χ2v) is 8.99. The highest BCUT2D eigenvalue weighted by molar-refractivity contribution is 6.18. The zero-order valence-corrected chi connectivity index (χ0v) is 20.0. The third-order valence-corrected chi connectivity index (χ3v) is 6.94. The van der Waals surface area contributed by atoms with Gasteiger partial charge in [0.2, 0.25) is 0 Å². The summed E-state index contributed by atoms with van der Waals surface area (Å²) >= 11 is 6.02. The molecular weight excluding hydrogens is 434 g/mol. The summed E-state index contributed by atoms with van der Waals surface area (Å²) in [5, 5.41) is 0. The lowest BCUT2D eigenvalue weighted by Crippen LogP contribution is -2.52. The molecule has 0 spiro atoms. The standard InChI is InChI=1S/C32H28ClN/c33-24-13-12-22-31-30-21-11-10-14-26(30)23-25-34(31)32(27-15-4-1-5-16-27,28-17-6-2-7-18-28)29-19-8-3-9-20-29/h1-11,14-21,31H,13,23-25H2/t31-/m1/s1. The monoisotopic (exact) mass is 461 g/mol. The van der Waals surface area contributed by atoms with Crippen molar-refractivity contribution in [2.24, 2.45) is 0 Å². The van der Waals surface area contributed by atoms with Gasteiger partial charge >= 0.3 is 0 Å². The number of benzene rings is 4. The molecule has 0 saturated heterocycles. The molecule has 168 valence electrons. The maximum absolute atomic E-state index is 6.02. The molecule has 0 N–H and O–H groups in total. The Kier molecular flexibility index (Phi) is 6.82. The van der Waals surface area contributed by atoms with Crippen LogP contribution in [0.25, 0.3) is 0 Å². The first-order chi connectivity index (χ1) is 16.9. The van der Waals surface area contributed by atoms with Crippen molar-refractivity contribution in [3.63, 3.8) is 0 Å². The fourth-order valence-corrected chi connectivity index (χ4v) is 5.43. The van der Waals surface area contributed by atoms with Gasteiger partial charge in [0.1, 0.15) is 0 Å². The van der Waals surface area contributed by atoms with Gasteiger partial charge in [-0.25, -0.2) is 0 Å². The van der Waals surface area contributed by atoms with Gasteiger partial charge in [-0.3, -0.25) is 4.90 Å². The van der Waals surface area contributed by atoms with Crippen LogP contribution in [0.2, 0.25) is 0 Å². The highest BCUT2D eigenvalue weighted by Gasteiger charge is 2.46. The summed E-state index contributed by atoms with van der Waals surface area (Å²) in [5.74, 6) is 7.56. The number of alkyl halides is 1. The molecule has 0 saturated carbocycles. The Hall–Kier alpha value is -3.31. The van der Waals surface area contributed by atoms with E-state index in [1.54, 1.807) is 0 Å². The number of nitrogens with zero attached hydrogens (tertiary/aromatic N) is 1. The van der Waals surface area contributed by atoms with Crippen molar-refractivity contribution in [3.05, 3.63) is 143 Å². The zero-order valence-electron chi connectivity index (χ0n) is 19.2. The lowest BCUT2D eigenvalue weighted by atomic mass is 9.73. The molecule has 0 unspecified atom stereocenters. The predicted octanol–water partition coefficient (Wildman–Crippen LogP) is 7.21. The lowest BCUT2D eigenvalue weighted by Gasteiger charge is -2.50. The summed E-state index contributed by atoms with van der Waals surface area (Å²) in [5.41, 5.74) is 5.93. The second-order valence-electron chi connectivity index (χ2n) is 8.61. The molecule has 4 aromatic carbocycles. The summed E-state index contributed by atoms with van der Waals surface area (Å²) in [6, 6.07) is 41.4. The van der Waals surface area contributed by atoms with Crippen molar-refractivity contribution < 1.29 is 0 Å². The minimum atomic E-state index is -0.488. The van der Waals surface area contributed by atoms with E-state index in [9.17, 15) is 0 Å². The molecule has 1 heterocycles. The Bertz CT molecular complexity index is 1180. The topological polar surface area (TPSA) is 3.24 Å². The van der Waals surface area contributed by atoms with Gasteiger partial charge in [-0.1, -0.05) is 121 Å².